The number of sulfone groups is 1. The maximum atomic E-state index is 13.6. The SMILES string of the molecule is COc1ccccc1NC1CCN(C2CCC(N(C)C(C)C)CC2CS(=O)(=O)c2ccccc2)C1=O. The van der Waals surface area contributed by atoms with Crippen molar-refractivity contribution < 1.29 is 17.9 Å². The van der Waals surface area contributed by atoms with Crippen molar-refractivity contribution in [2.24, 2.45) is 5.92 Å². The summed E-state index contributed by atoms with van der Waals surface area (Å²) in [7, 11) is 0.267. The molecule has 8 heteroatoms. The van der Waals surface area contributed by atoms with Gasteiger partial charge in [0.15, 0.2) is 9.84 Å². The van der Waals surface area contributed by atoms with E-state index in [4.69, 9.17) is 4.74 Å². The van der Waals surface area contributed by atoms with Crippen LogP contribution in [0.5, 0.6) is 5.75 Å². The predicted octanol–water partition coefficient (Wildman–Crippen LogP) is 4.06. The van der Waals surface area contributed by atoms with Gasteiger partial charge in [-0.3, -0.25) is 4.79 Å². The third kappa shape index (κ3) is 5.70. The van der Waals surface area contributed by atoms with Crippen LogP contribution in [0.4, 0.5) is 5.69 Å². The molecule has 1 aliphatic heterocycles. The Kier molecular flexibility index (Phi) is 8.25. The number of hydrogen-bond donors (Lipinski definition) is 1. The monoisotopic (exact) mass is 513 g/mol. The second kappa shape index (κ2) is 11.2. The second-order valence-corrected chi connectivity index (χ2v) is 12.4. The number of ether oxygens (including phenoxy) is 1. The van der Waals surface area contributed by atoms with Gasteiger partial charge >= 0.3 is 0 Å². The molecule has 2 aromatic rings. The maximum Gasteiger partial charge on any atom is 0.245 e. The van der Waals surface area contributed by atoms with E-state index in [0.29, 0.717) is 35.7 Å². The van der Waals surface area contributed by atoms with Crippen LogP contribution < -0.4 is 10.1 Å². The molecule has 1 aliphatic carbocycles. The average Bonchev–Trinajstić information content (AvgIpc) is 3.23. The standard InChI is InChI=1S/C28H39N3O4S/c1-20(2)30(3)22-14-15-26(21(18-22)19-36(33,34)23-10-6-5-7-11-23)31-17-16-25(28(31)32)29-24-12-8-9-13-27(24)35-4/h5-13,20-22,25-26,29H,14-19H2,1-4H3. The Morgan fingerprint density at radius 2 is 1.75 bits per heavy atom. The van der Waals surface area contributed by atoms with Crippen LogP contribution in [0, 0.1) is 5.92 Å². The summed E-state index contributed by atoms with van der Waals surface area (Å²) in [6.07, 6.45) is 3.21. The molecule has 7 nitrogen and oxygen atoms in total. The highest BCUT2D eigenvalue weighted by atomic mass is 32.2. The van der Waals surface area contributed by atoms with E-state index < -0.39 is 9.84 Å². The minimum absolute atomic E-state index is 0.0451. The van der Waals surface area contributed by atoms with Crippen molar-refractivity contribution in [1.82, 2.24) is 9.80 Å². The number of likely N-dealkylation sites (tertiary alicyclic amines) is 1. The van der Waals surface area contributed by atoms with E-state index in [1.54, 1.807) is 31.4 Å². The Bertz CT molecular complexity index is 1140. The van der Waals surface area contributed by atoms with Gasteiger partial charge < -0.3 is 19.9 Å². The third-order valence-corrected chi connectivity index (χ3v) is 9.78. The molecule has 2 aromatic carbocycles. The molecule has 2 aliphatic rings. The van der Waals surface area contributed by atoms with Crippen LogP contribution in [0.15, 0.2) is 59.5 Å². The Balaban J connectivity index is 1.54. The van der Waals surface area contributed by atoms with E-state index in [2.05, 4.69) is 31.1 Å². The Morgan fingerprint density at radius 3 is 2.44 bits per heavy atom. The normalized spacial score (nSPS) is 24.9. The van der Waals surface area contributed by atoms with Crippen LogP contribution >= 0.6 is 0 Å². The molecule has 0 spiro atoms. The first kappa shape index (κ1) is 26.5. The van der Waals surface area contributed by atoms with Gasteiger partial charge in [0, 0.05) is 24.7 Å². The van der Waals surface area contributed by atoms with E-state index in [1.807, 2.05) is 35.2 Å². The highest BCUT2D eigenvalue weighted by molar-refractivity contribution is 7.91. The highest BCUT2D eigenvalue weighted by Crippen LogP contribution is 2.36. The van der Waals surface area contributed by atoms with Gasteiger partial charge in [-0.2, -0.15) is 0 Å². The predicted molar refractivity (Wildman–Crippen MR) is 143 cm³/mol. The lowest BCUT2D eigenvalue weighted by Crippen LogP contribution is -2.52. The highest BCUT2D eigenvalue weighted by Gasteiger charge is 2.44. The summed E-state index contributed by atoms with van der Waals surface area (Å²) in [6, 6.07) is 16.5. The molecule has 1 heterocycles. The lowest BCUT2D eigenvalue weighted by molar-refractivity contribution is -0.132. The summed E-state index contributed by atoms with van der Waals surface area (Å²) < 4.78 is 32.2. The number of methoxy groups -OCH3 is 1. The van der Waals surface area contributed by atoms with Crippen LogP contribution in [0.1, 0.15) is 39.5 Å². The Morgan fingerprint density at radius 1 is 1.06 bits per heavy atom. The number of carbonyl (C=O) groups excluding carboxylic acids is 1. The van der Waals surface area contributed by atoms with Crippen molar-refractivity contribution in [3.05, 3.63) is 54.6 Å². The molecule has 4 rings (SSSR count). The number of nitrogens with zero attached hydrogens (tertiary/aromatic N) is 2. The van der Waals surface area contributed by atoms with Crippen molar-refractivity contribution in [2.75, 3.05) is 31.8 Å². The first-order valence-electron chi connectivity index (χ1n) is 12.9. The van der Waals surface area contributed by atoms with Crippen molar-refractivity contribution in [3.63, 3.8) is 0 Å². The average molecular weight is 514 g/mol. The molecule has 36 heavy (non-hydrogen) atoms. The number of rotatable bonds is 9. The van der Waals surface area contributed by atoms with Crippen molar-refractivity contribution in [2.45, 2.75) is 68.6 Å². The molecule has 0 aromatic heterocycles. The molecule has 4 atom stereocenters. The zero-order chi connectivity index (χ0) is 25.9. The van der Waals surface area contributed by atoms with E-state index in [9.17, 15) is 13.2 Å². The number of para-hydroxylation sites is 2. The lowest BCUT2D eigenvalue weighted by Gasteiger charge is -2.44. The molecular formula is C28H39N3O4S. The fourth-order valence-corrected chi connectivity index (χ4v) is 7.41. The first-order valence-corrected chi connectivity index (χ1v) is 14.6. The lowest BCUT2D eigenvalue weighted by atomic mass is 9.81. The van der Waals surface area contributed by atoms with Gasteiger partial charge in [-0.1, -0.05) is 30.3 Å². The number of benzene rings is 2. The molecule has 2 fully saturated rings. The van der Waals surface area contributed by atoms with Gasteiger partial charge in [-0.25, -0.2) is 8.42 Å². The minimum Gasteiger partial charge on any atom is -0.495 e. The first-order chi connectivity index (χ1) is 17.2. The van der Waals surface area contributed by atoms with Gasteiger partial charge in [0.1, 0.15) is 11.8 Å². The third-order valence-electron chi connectivity index (χ3n) is 7.92. The van der Waals surface area contributed by atoms with Gasteiger partial charge in [-0.15, -0.1) is 0 Å². The quantitative estimate of drug-likeness (QED) is 0.545. The maximum absolute atomic E-state index is 13.6. The van der Waals surface area contributed by atoms with Gasteiger partial charge in [0.25, 0.3) is 0 Å². The van der Waals surface area contributed by atoms with Crippen LogP contribution in [-0.4, -0.2) is 74.7 Å². The molecule has 196 valence electrons. The number of hydrogen-bond acceptors (Lipinski definition) is 6. The van der Waals surface area contributed by atoms with Crippen molar-refractivity contribution in [3.8, 4) is 5.75 Å². The van der Waals surface area contributed by atoms with Gasteiger partial charge in [0.05, 0.1) is 23.4 Å². The topological polar surface area (TPSA) is 79.0 Å². The van der Waals surface area contributed by atoms with Crippen LogP contribution in [-0.2, 0) is 14.6 Å². The summed E-state index contributed by atoms with van der Waals surface area (Å²) in [6.45, 7) is 4.96. The Labute approximate surface area is 215 Å². The summed E-state index contributed by atoms with van der Waals surface area (Å²) in [5, 5.41) is 3.37. The van der Waals surface area contributed by atoms with Crippen molar-refractivity contribution in [1.29, 1.82) is 0 Å². The number of carbonyl (C=O) groups is 1. The van der Waals surface area contributed by atoms with Crippen molar-refractivity contribution >= 4 is 21.4 Å². The fraction of sp³-hybridized carbons (Fsp3) is 0.536. The number of nitrogens with one attached hydrogen (secondary N) is 1. The molecule has 0 bridgehead atoms. The van der Waals surface area contributed by atoms with E-state index in [-0.39, 0.29) is 29.7 Å². The van der Waals surface area contributed by atoms with Crippen LogP contribution in [0.3, 0.4) is 0 Å². The smallest absolute Gasteiger partial charge is 0.245 e. The summed E-state index contributed by atoms with van der Waals surface area (Å²) in [5.41, 5.74) is 0.797. The van der Waals surface area contributed by atoms with Gasteiger partial charge in [-0.05, 0) is 76.8 Å². The zero-order valence-corrected chi connectivity index (χ0v) is 22.6. The molecule has 1 N–H and O–H groups in total. The number of anilines is 1. The minimum atomic E-state index is -3.47. The van der Waals surface area contributed by atoms with Crippen LogP contribution in [0.25, 0.3) is 0 Å². The second-order valence-electron chi connectivity index (χ2n) is 10.4. The fourth-order valence-electron chi connectivity index (χ4n) is 5.73. The summed E-state index contributed by atoms with van der Waals surface area (Å²) in [4.78, 5) is 18.2. The molecule has 1 saturated carbocycles. The molecule has 1 amide bonds. The molecule has 1 saturated heterocycles. The molecular weight excluding hydrogens is 474 g/mol. The van der Waals surface area contributed by atoms with Gasteiger partial charge in [0.2, 0.25) is 5.91 Å². The summed E-state index contributed by atoms with van der Waals surface area (Å²) >= 11 is 0. The van der Waals surface area contributed by atoms with E-state index in [1.165, 1.54) is 0 Å². The summed E-state index contributed by atoms with van der Waals surface area (Å²) in [5.74, 6) is 0.680. The van der Waals surface area contributed by atoms with Crippen LogP contribution in [0.2, 0.25) is 0 Å². The zero-order valence-electron chi connectivity index (χ0n) is 21.8. The van der Waals surface area contributed by atoms with E-state index >= 15 is 0 Å². The largest absolute Gasteiger partial charge is 0.495 e. The molecule has 4 unspecified atom stereocenters. The van der Waals surface area contributed by atoms with E-state index in [0.717, 1.165) is 24.9 Å². The number of amides is 1. The molecule has 0 radical (unpaired) electrons. The Hall–Kier alpha value is -2.58.